The molecule has 0 aliphatic heterocycles. The van der Waals surface area contributed by atoms with Crippen molar-refractivity contribution >= 4 is 38.7 Å². The molecule has 108 valence electrons. The van der Waals surface area contributed by atoms with E-state index in [0.29, 0.717) is 5.56 Å². The zero-order valence-corrected chi connectivity index (χ0v) is 14.1. The van der Waals surface area contributed by atoms with Gasteiger partial charge < -0.3 is 4.90 Å². The van der Waals surface area contributed by atoms with Crippen molar-refractivity contribution in [1.29, 1.82) is 0 Å². The van der Waals surface area contributed by atoms with Crippen molar-refractivity contribution in [2.45, 2.75) is 30.6 Å². The average Bonchev–Trinajstić information content (AvgIpc) is 2.92. The molecule has 1 aliphatic rings. The monoisotopic (exact) mass is 355 g/mol. The van der Waals surface area contributed by atoms with Gasteiger partial charge in [-0.25, -0.2) is 0 Å². The van der Waals surface area contributed by atoms with Crippen LogP contribution in [0.5, 0.6) is 0 Å². The van der Waals surface area contributed by atoms with Crippen LogP contribution in [0.3, 0.4) is 0 Å². The lowest BCUT2D eigenvalue weighted by molar-refractivity contribution is 0.0920. The van der Waals surface area contributed by atoms with Crippen LogP contribution in [0.4, 0.5) is 4.79 Å². The van der Waals surface area contributed by atoms with Crippen LogP contribution in [0, 0.1) is 5.92 Å². The van der Waals surface area contributed by atoms with Crippen molar-refractivity contribution < 1.29 is 9.59 Å². The van der Waals surface area contributed by atoms with E-state index in [1.807, 2.05) is 18.2 Å². The molecule has 3 nitrogen and oxygen atoms in total. The van der Waals surface area contributed by atoms with Crippen LogP contribution in [0.15, 0.2) is 27.6 Å². The fraction of sp³-hybridized carbons (Fsp3) is 0.467. The second-order valence-electron chi connectivity index (χ2n) is 5.25. The quantitative estimate of drug-likeness (QED) is 0.587. The normalized spacial score (nSPS) is 15.3. The number of ketones is 1. The minimum atomic E-state index is -0.0661. The second-order valence-corrected chi connectivity index (χ2v) is 7.16. The number of rotatable bonds is 3. The Hall–Kier alpha value is -0.810. The molecule has 1 aromatic carbocycles. The molecule has 0 radical (unpaired) electrons. The third kappa shape index (κ3) is 3.64. The first kappa shape index (κ1) is 15.6. The van der Waals surface area contributed by atoms with E-state index in [-0.39, 0.29) is 16.9 Å². The lowest BCUT2D eigenvalue weighted by atomic mass is 9.96. The molecular formula is C15H18BrNO2S. The van der Waals surface area contributed by atoms with Crippen molar-refractivity contribution in [2.75, 3.05) is 14.1 Å². The van der Waals surface area contributed by atoms with E-state index >= 15 is 0 Å². The first-order valence-corrected chi connectivity index (χ1v) is 8.33. The Morgan fingerprint density at radius 2 is 1.90 bits per heavy atom. The van der Waals surface area contributed by atoms with Crippen LogP contribution >= 0.6 is 27.7 Å². The van der Waals surface area contributed by atoms with Gasteiger partial charge in [-0.2, -0.15) is 0 Å². The Balaban J connectivity index is 2.27. The van der Waals surface area contributed by atoms with E-state index in [1.165, 1.54) is 4.90 Å². The molecule has 0 aromatic heterocycles. The second kappa shape index (κ2) is 6.76. The van der Waals surface area contributed by atoms with Gasteiger partial charge in [0.2, 0.25) is 0 Å². The number of hydrogen-bond donors (Lipinski definition) is 0. The molecule has 20 heavy (non-hydrogen) atoms. The molecule has 0 bridgehead atoms. The predicted molar refractivity (Wildman–Crippen MR) is 85.4 cm³/mol. The highest BCUT2D eigenvalue weighted by Crippen LogP contribution is 2.34. The molecule has 2 rings (SSSR count). The summed E-state index contributed by atoms with van der Waals surface area (Å²) in [4.78, 5) is 26.7. The number of carbonyl (C=O) groups is 2. The SMILES string of the molecule is CN(C)C(=O)Sc1cc(Br)ccc1C(=O)C1CCCC1. The number of nitrogens with zero attached hydrogens (tertiary/aromatic N) is 1. The molecule has 1 fully saturated rings. The van der Waals surface area contributed by atoms with E-state index in [9.17, 15) is 9.59 Å². The first-order chi connectivity index (χ1) is 9.49. The molecule has 0 spiro atoms. The topological polar surface area (TPSA) is 37.4 Å². The minimum absolute atomic E-state index is 0.0661. The van der Waals surface area contributed by atoms with Crippen molar-refractivity contribution in [3.05, 3.63) is 28.2 Å². The molecule has 1 amide bonds. The number of amides is 1. The Labute approximate surface area is 132 Å². The van der Waals surface area contributed by atoms with Crippen molar-refractivity contribution in [3.63, 3.8) is 0 Å². The molecule has 0 heterocycles. The van der Waals surface area contributed by atoms with Crippen molar-refractivity contribution in [1.82, 2.24) is 4.90 Å². The van der Waals surface area contributed by atoms with Crippen LogP contribution in [0.1, 0.15) is 36.0 Å². The lowest BCUT2D eigenvalue weighted by Crippen LogP contribution is -2.17. The Kier molecular flexibility index (Phi) is 5.27. The summed E-state index contributed by atoms with van der Waals surface area (Å²) < 4.78 is 0.884. The van der Waals surface area contributed by atoms with Crippen LogP contribution in [0.25, 0.3) is 0 Å². The minimum Gasteiger partial charge on any atom is -0.339 e. The lowest BCUT2D eigenvalue weighted by Gasteiger charge is -2.14. The van der Waals surface area contributed by atoms with Gasteiger partial charge in [0, 0.05) is 34.9 Å². The molecule has 0 saturated heterocycles. The fourth-order valence-corrected chi connectivity index (χ4v) is 3.73. The summed E-state index contributed by atoms with van der Waals surface area (Å²) in [5, 5.41) is -0.0661. The van der Waals surface area contributed by atoms with Crippen LogP contribution < -0.4 is 0 Å². The zero-order chi connectivity index (χ0) is 14.7. The van der Waals surface area contributed by atoms with Crippen LogP contribution in [-0.4, -0.2) is 30.0 Å². The van der Waals surface area contributed by atoms with Gasteiger partial charge in [-0.15, -0.1) is 0 Å². The molecule has 5 heteroatoms. The maximum absolute atomic E-state index is 12.6. The maximum Gasteiger partial charge on any atom is 0.285 e. The summed E-state index contributed by atoms with van der Waals surface area (Å²) in [5.74, 6) is 0.314. The number of hydrogen-bond acceptors (Lipinski definition) is 3. The number of Topliss-reactive ketones (excluding diaryl/α,β-unsaturated/α-hetero) is 1. The summed E-state index contributed by atoms with van der Waals surface area (Å²) in [6, 6.07) is 5.55. The number of thioether (sulfide) groups is 1. The van der Waals surface area contributed by atoms with Gasteiger partial charge in [0.15, 0.2) is 5.78 Å². The van der Waals surface area contributed by atoms with E-state index in [4.69, 9.17) is 0 Å². The molecular weight excluding hydrogens is 338 g/mol. The van der Waals surface area contributed by atoms with Crippen molar-refractivity contribution in [2.24, 2.45) is 5.92 Å². The van der Waals surface area contributed by atoms with Gasteiger partial charge in [-0.1, -0.05) is 28.8 Å². The Bertz CT molecular complexity index is 525. The van der Waals surface area contributed by atoms with Crippen molar-refractivity contribution in [3.8, 4) is 0 Å². The van der Waals surface area contributed by atoms with Gasteiger partial charge in [0.25, 0.3) is 5.24 Å². The molecule has 0 unspecified atom stereocenters. The Morgan fingerprint density at radius 3 is 2.50 bits per heavy atom. The summed E-state index contributed by atoms with van der Waals surface area (Å²) >= 11 is 4.52. The van der Waals surface area contributed by atoms with Gasteiger partial charge in [0.05, 0.1) is 0 Å². The third-order valence-electron chi connectivity index (χ3n) is 3.50. The summed E-state index contributed by atoms with van der Waals surface area (Å²) in [6.07, 6.45) is 4.21. The third-order valence-corrected chi connectivity index (χ3v) is 5.09. The predicted octanol–water partition coefficient (Wildman–Crippen LogP) is 4.60. The first-order valence-electron chi connectivity index (χ1n) is 6.72. The van der Waals surface area contributed by atoms with Gasteiger partial charge in [-0.3, -0.25) is 9.59 Å². The van der Waals surface area contributed by atoms with Crippen LogP contribution in [0.2, 0.25) is 0 Å². The molecule has 0 atom stereocenters. The molecule has 1 saturated carbocycles. The van der Waals surface area contributed by atoms with Gasteiger partial charge in [0.1, 0.15) is 0 Å². The largest absolute Gasteiger partial charge is 0.339 e. The van der Waals surface area contributed by atoms with Gasteiger partial charge >= 0.3 is 0 Å². The van der Waals surface area contributed by atoms with E-state index in [0.717, 1.165) is 46.8 Å². The highest BCUT2D eigenvalue weighted by molar-refractivity contribution is 9.10. The highest BCUT2D eigenvalue weighted by Gasteiger charge is 2.26. The summed E-state index contributed by atoms with van der Waals surface area (Å²) in [5.41, 5.74) is 0.681. The molecule has 1 aromatic rings. The zero-order valence-electron chi connectivity index (χ0n) is 11.7. The standard InChI is InChI=1S/C15H18BrNO2S/c1-17(2)15(19)20-13-9-11(16)7-8-12(13)14(18)10-5-3-4-6-10/h7-10H,3-6H2,1-2H3. The van der Waals surface area contributed by atoms with Gasteiger partial charge in [-0.05, 0) is 42.8 Å². The fourth-order valence-electron chi connectivity index (χ4n) is 2.38. The summed E-state index contributed by atoms with van der Waals surface area (Å²) in [7, 11) is 3.43. The number of carbonyl (C=O) groups excluding carboxylic acids is 2. The molecule has 1 aliphatic carbocycles. The van der Waals surface area contributed by atoms with E-state index in [2.05, 4.69) is 15.9 Å². The average molecular weight is 356 g/mol. The summed E-state index contributed by atoms with van der Waals surface area (Å²) in [6.45, 7) is 0. The smallest absolute Gasteiger partial charge is 0.285 e. The van der Waals surface area contributed by atoms with Crippen LogP contribution in [-0.2, 0) is 0 Å². The molecule has 0 N–H and O–H groups in total. The number of halogens is 1. The van der Waals surface area contributed by atoms with E-state index < -0.39 is 0 Å². The van der Waals surface area contributed by atoms with E-state index in [1.54, 1.807) is 14.1 Å². The Morgan fingerprint density at radius 1 is 1.25 bits per heavy atom. The maximum atomic E-state index is 12.6. The highest BCUT2D eigenvalue weighted by atomic mass is 79.9. The number of benzene rings is 1.